The number of anilines is 1. The van der Waals surface area contributed by atoms with Crippen LogP contribution in [0.5, 0.6) is 11.5 Å². The van der Waals surface area contributed by atoms with Crippen LogP contribution >= 0.6 is 23.7 Å². The van der Waals surface area contributed by atoms with Crippen molar-refractivity contribution in [2.45, 2.75) is 38.1 Å². The van der Waals surface area contributed by atoms with Crippen LogP contribution in [0, 0.1) is 5.92 Å². The van der Waals surface area contributed by atoms with Crippen LogP contribution in [0.1, 0.15) is 32.6 Å². The molecule has 4 rings (SSSR count). The third-order valence-corrected chi connectivity index (χ3v) is 5.90. The van der Waals surface area contributed by atoms with Gasteiger partial charge in [0.05, 0.1) is 11.6 Å². The number of amides is 1. The minimum atomic E-state index is -0.446. The molecule has 1 aromatic heterocycles. The summed E-state index contributed by atoms with van der Waals surface area (Å²) in [6.45, 7) is 3.09. The van der Waals surface area contributed by atoms with Crippen LogP contribution < -0.4 is 20.5 Å². The van der Waals surface area contributed by atoms with E-state index in [1.807, 2.05) is 30.5 Å². The van der Waals surface area contributed by atoms with Gasteiger partial charge in [0.15, 0.2) is 16.6 Å². The van der Waals surface area contributed by atoms with Crippen molar-refractivity contribution in [1.29, 1.82) is 0 Å². The standard InChI is InChI=1S/C19H23N3O3S.ClH/c1-19(20)7-3-2-4-13(19)17(23)22-18-21-14(11-26-18)12-5-6-15-16(10-12)25-9-8-24-15;/h5-6,10-11,13H,2-4,7-9,20H2,1H3,(H,21,22,23);1H. The molecule has 2 heterocycles. The Hall–Kier alpha value is -1.83. The van der Waals surface area contributed by atoms with Gasteiger partial charge < -0.3 is 20.5 Å². The van der Waals surface area contributed by atoms with Gasteiger partial charge in [0, 0.05) is 16.5 Å². The molecular weight excluding hydrogens is 386 g/mol. The molecule has 2 aromatic rings. The number of benzene rings is 1. The van der Waals surface area contributed by atoms with E-state index >= 15 is 0 Å². The van der Waals surface area contributed by atoms with Gasteiger partial charge in [-0.05, 0) is 38.0 Å². The van der Waals surface area contributed by atoms with Gasteiger partial charge in [-0.1, -0.05) is 12.8 Å². The average Bonchev–Trinajstić information content (AvgIpc) is 3.09. The molecule has 8 heteroatoms. The second-order valence-electron chi connectivity index (χ2n) is 7.19. The molecule has 1 aliphatic heterocycles. The number of rotatable bonds is 3. The van der Waals surface area contributed by atoms with Gasteiger partial charge in [0.1, 0.15) is 13.2 Å². The molecule has 1 fully saturated rings. The first-order chi connectivity index (χ1) is 12.5. The molecule has 2 unspecified atom stereocenters. The molecular formula is C19H24ClN3O3S. The number of hydrogen-bond acceptors (Lipinski definition) is 6. The van der Waals surface area contributed by atoms with E-state index in [0.717, 1.165) is 48.4 Å². The molecule has 0 spiro atoms. The highest BCUT2D eigenvalue weighted by atomic mass is 35.5. The molecule has 0 radical (unpaired) electrons. The quantitative estimate of drug-likeness (QED) is 0.804. The monoisotopic (exact) mass is 409 g/mol. The van der Waals surface area contributed by atoms with Crippen LogP contribution in [0.15, 0.2) is 23.6 Å². The minimum absolute atomic E-state index is 0. The van der Waals surface area contributed by atoms with Crippen molar-refractivity contribution in [3.05, 3.63) is 23.6 Å². The van der Waals surface area contributed by atoms with Gasteiger partial charge in [0.25, 0.3) is 0 Å². The highest BCUT2D eigenvalue weighted by Gasteiger charge is 2.38. The Labute approximate surface area is 168 Å². The lowest BCUT2D eigenvalue weighted by molar-refractivity contribution is -0.122. The maximum absolute atomic E-state index is 12.7. The molecule has 27 heavy (non-hydrogen) atoms. The van der Waals surface area contributed by atoms with Crippen molar-refractivity contribution >= 4 is 34.8 Å². The lowest BCUT2D eigenvalue weighted by atomic mass is 9.74. The summed E-state index contributed by atoms with van der Waals surface area (Å²) in [6.07, 6.45) is 3.85. The fourth-order valence-electron chi connectivity index (χ4n) is 3.65. The molecule has 1 amide bonds. The summed E-state index contributed by atoms with van der Waals surface area (Å²) in [5, 5.41) is 5.48. The lowest BCUT2D eigenvalue weighted by Gasteiger charge is -2.36. The zero-order chi connectivity index (χ0) is 18.1. The number of nitrogens with one attached hydrogen (secondary N) is 1. The SMILES string of the molecule is CC1(N)CCCCC1C(=O)Nc1nc(-c2ccc3c(c2)OCCO3)cs1.Cl. The second kappa shape index (κ2) is 8.04. The first kappa shape index (κ1) is 19.9. The van der Waals surface area contributed by atoms with E-state index in [0.29, 0.717) is 18.3 Å². The molecule has 6 nitrogen and oxygen atoms in total. The van der Waals surface area contributed by atoms with E-state index in [2.05, 4.69) is 10.3 Å². The Kier molecular flexibility index (Phi) is 5.93. The minimum Gasteiger partial charge on any atom is -0.486 e. The Morgan fingerprint density at radius 2 is 2.07 bits per heavy atom. The molecule has 2 aliphatic rings. The molecule has 2 atom stereocenters. The first-order valence-corrected chi connectivity index (χ1v) is 9.86. The van der Waals surface area contributed by atoms with Crippen molar-refractivity contribution in [1.82, 2.24) is 4.98 Å². The molecule has 1 aliphatic carbocycles. The van der Waals surface area contributed by atoms with Gasteiger partial charge >= 0.3 is 0 Å². The van der Waals surface area contributed by atoms with E-state index < -0.39 is 5.54 Å². The summed E-state index contributed by atoms with van der Waals surface area (Å²) >= 11 is 1.42. The summed E-state index contributed by atoms with van der Waals surface area (Å²) in [5.41, 5.74) is 7.63. The molecule has 0 bridgehead atoms. The Bertz CT molecular complexity index is 824. The highest BCUT2D eigenvalue weighted by Crippen LogP contribution is 2.36. The van der Waals surface area contributed by atoms with Crippen LogP contribution in [0.25, 0.3) is 11.3 Å². The van der Waals surface area contributed by atoms with Crippen molar-refractivity contribution in [2.24, 2.45) is 11.7 Å². The van der Waals surface area contributed by atoms with E-state index in [1.54, 1.807) is 0 Å². The zero-order valence-corrected chi connectivity index (χ0v) is 16.8. The number of aromatic nitrogens is 1. The molecule has 1 saturated carbocycles. The summed E-state index contributed by atoms with van der Waals surface area (Å²) in [6, 6.07) is 5.77. The van der Waals surface area contributed by atoms with Crippen molar-refractivity contribution in [2.75, 3.05) is 18.5 Å². The Morgan fingerprint density at radius 1 is 1.30 bits per heavy atom. The predicted molar refractivity (Wildman–Crippen MR) is 109 cm³/mol. The molecule has 0 saturated heterocycles. The fraction of sp³-hybridized carbons (Fsp3) is 0.474. The number of halogens is 1. The number of carbonyl (C=O) groups is 1. The van der Waals surface area contributed by atoms with E-state index in [4.69, 9.17) is 15.2 Å². The summed E-state index contributed by atoms with van der Waals surface area (Å²) in [4.78, 5) is 17.2. The van der Waals surface area contributed by atoms with E-state index in [1.165, 1.54) is 11.3 Å². The smallest absolute Gasteiger partial charge is 0.231 e. The van der Waals surface area contributed by atoms with E-state index in [-0.39, 0.29) is 24.2 Å². The number of fused-ring (bicyclic) bond motifs is 1. The van der Waals surface area contributed by atoms with Gasteiger partial charge in [-0.2, -0.15) is 0 Å². The largest absolute Gasteiger partial charge is 0.486 e. The van der Waals surface area contributed by atoms with Gasteiger partial charge in [-0.15, -0.1) is 23.7 Å². The number of thiazole rings is 1. The normalized spacial score (nSPS) is 24.0. The number of carbonyl (C=O) groups excluding carboxylic acids is 1. The van der Waals surface area contributed by atoms with Crippen LogP contribution in [0.2, 0.25) is 0 Å². The third-order valence-electron chi connectivity index (χ3n) is 5.14. The Morgan fingerprint density at radius 3 is 2.85 bits per heavy atom. The van der Waals surface area contributed by atoms with Gasteiger partial charge in [-0.3, -0.25) is 4.79 Å². The topological polar surface area (TPSA) is 86.5 Å². The number of ether oxygens (including phenoxy) is 2. The summed E-state index contributed by atoms with van der Waals surface area (Å²) in [7, 11) is 0. The molecule has 1 aromatic carbocycles. The van der Waals surface area contributed by atoms with Gasteiger partial charge in [-0.25, -0.2) is 4.98 Å². The number of hydrogen-bond donors (Lipinski definition) is 2. The summed E-state index contributed by atoms with van der Waals surface area (Å²) < 4.78 is 11.2. The van der Waals surface area contributed by atoms with Crippen LogP contribution in [0.4, 0.5) is 5.13 Å². The highest BCUT2D eigenvalue weighted by molar-refractivity contribution is 7.14. The number of nitrogens with two attached hydrogens (primary N) is 1. The second-order valence-corrected chi connectivity index (χ2v) is 8.05. The summed E-state index contributed by atoms with van der Waals surface area (Å²) in [5.74, 6) is 1.28. The predicted octanol–water partition coefficient (Wildman–Crippen LogP) is 3.85. The first-order valence-electron chi connectivity index (χ1n) is 8.98. The van der Waals surface area contributed by atoms with Gasteiger partial charge in [0.2, 0.25) is 5.91 Å². The van der Waals surface area contributed by atoms with Crippen molar-refractivity contribution < 1.29 is 14.3 Å². The van der Waals surface area contributed by atoms with Crippen LogP contribution in [-0.4, -0.2) is 29.6 Å². The Balaban J connectivity index is 0.00000210. The van der Waals surface area contributed by atoms with Crippen LogP contribution in [-0.2, 0) is 4.79 Å². The van der Waals surface area contributed by atoms with Crippen molar-refractivity contribution in [3.63, 3.8) is 0 Å². The number of nitrogens with zero attached hydrogens (tertiary/aromatic N) is 1. The third kappa shape index (κ3) is 4.20. The maximum Gasteiger partial charge on any atom is 0.231 e. The average molecular weight is 410 g/mol. The van der Waals surface area contributed by atoms with Crippen LogP contribution in [0.3, 0.4) is 0 Å². The molecule has 146 valence electrons. The fourth-order valence-corrected chi connectivity index (χ4v) is 4.37. The van der Waals surface area contributed by atoms with Crippen molar-refractivity contribution in [3.8, 4) is 22.8 Å². The maximum atomic E-state index is 12.7. The molecule has 3 N–H and O–H groups in total. The lowest BCUT2D eigenvalue weighted by Crippen LogP contribution is -2.51. The van der Waals surface area contributed by atoms with E-state index in [9.17, 15) is 4.79 Å². The zero-order valence-electron chi connectivity index (χ0n) is 15.2.